The molecule has 2 heterocycles. The van der Waals surface area contributed by atoms with Crippen LogP contribution in [0.15, 0.2) is 23.7 Å². The van der Waals surface area contributed by atoms with Crippen LogP contribution < -0.4 is 24.8 Å². The first kappa shape index (κ1) is 20.5. The molecule has 0 bridgehead atoms. The number of nitrogens with one attached hydrogen (secondary N) is 2. The molecule has 1 aromatic carbocycles. The normalized spacial score (nSPS) is 11.8. The topological polar surface area (TPSA) is 104 Å². The summed E-state index contributed by atoms with van der Waals surface area (Å²) < 4.78 is 18.0. The van der Waals surface area contributed by atoms with Gasteiger partial charge in [-0.3, -0.25) is 9.59 Å². The Morgan fingerprint density at radius 2 is 1.86 bits per heavy atom. The number of carbonyl (C=O) groups is 2. The molecule has 2 aromatic heterocycles. The van der Waals surface area contributed by atoms with Crippen LogP contribution in [0.1, 0.15) is 17.4 Å². The SMILES string of the molecule is COc1cc2cc(C(=O)NC(C)C(=O)Nc3nccs3)n(C)c2c(OC)c1OC. The van der Waals surface area contributed by atoms with E-state index >= 15 is 0 Å². The lowest BCUT2D eigenvalue weighted by Crippen LogP contribution is -2.42. The number of carbonyl (C=O) groups excluding carboxylic acids is 2. The van der Waals surface area contributed by atoms with E-state index < -0.39 is 11.9 Å². The first-order valence-electron chi connectivity index (χ1n) is 8.70. The summed E-state index contributed by atoms with van der Waals surface area (Å²) in [6.45, 7) is 1.61. The lowest BCUT2D eigenvalue weighted by molar-refractivity contribution is -0.117. The highest BCUT2D eigenvalue weighted by Crippen LogP contribution is 2.44. The van der Waals surface area contributed by atoms with E-state index in [1.54, 1.807) is 42.2 Å². The van der Waals surface area contributed by atoms with Crippen LogP contribution in [0, 0.1) is 0 Å². The third kappa shape index (κ3) is 3.83. The van der Waals surface area contributed by atoms with Crippen LogP contribution in [-0.2, 0) is 11.8 Å². The summed E-state index contributed by atoms with van der Waals surface area (Å²) in [7, 11) is 6.31. The van der Waals surface area contributed by atoms with Gasteiger partial charge in [-0.2, -0.15) is 0 Å². The van der Waals surface area contributed by atoms with Crippen LogP contribution >= 0.6 is 11.3 Å². The fraction of sp³-hybridized carbons (Fsp3) is 0.316. The van der Waals surface area contributed by atoms with Crippen LogP contribution in [-0.4, -0.2) is 48.7 Å². The summed E-state index contributed by atoms with van der Waals surface area (Å²) in [5.74, 6) is 0.633. The second-order valence-corrected chi connectivity index (χ2v) is 7.09. The van der Waals surface area contributed by atoms with E-state index in [2.05, 4.69) is 15.6 Å². The average molecular weight is 418 g/mol. The average Bonchev–Trinajstić information content (AvgIpc) is 3.34. The van der Waals surface area contributed by atoms with E-state index in [1.165, 1.54) is 32.7 Å². The number of hydrogen-bond donors (Lipinski definition) is 2. The highest BCUT2D eigenvalue weighted by molar-refractivity contribution is 7.13. The number of rotatable bonds is 7. The van der Waals surface area contributed by atoms with E-state index in [0.29, 0.717) is 33.6 Å². The van der Waals surface area contributed by atoms with Gasteiger partial charge in [0.1, 0.15) is 11.7 Å². The quantitative estimate of drug-likeness (QED) is 0.611. The van der Waals surface area contributed by atoms with Gasteiger partial charge in [0.05, 0.1) is 26.8 Å². The number of methoxy groups -OCH3 is 3. The second-order valence-electron chi connectivity index (χ2n) is 6.19. The Hall–Kier alpha value is -3.27. The number of aryl methyl sites for hydroxylation is 1. The molecule has 0 aliphatic heterocycles. The molecule has 2 amide bonds. The number of aromatic nitrogens is 2. The number of hydrogen-bond acceptors (Lipinski definition) is 7. The predicted octanol–water partition coefficient (Wildman–Crippen LogP) is 2.42. The van der Waals surface area contributed by atoms with Gasteiger partial charge in [-0.25, -0.2) is 4.98 Å². The molecule has 0 saturated heterocycles. The zero-order valence-electron chi connectivity index (χ0n) is 16.7. The van der Waals surface area contributed by atoms with Gasteiger partial charge in [0.2, 0.25) is 11.7 Å². The fourth-order valence-electron chi connectivity index (χ4n) is 3.03. The summed E-state index contributed by atoms with van der Waals surface area (Å²) in [5.41, 5.74) is 1.04. The Morgan fingerprint density at radius 3 is 2.45 bits per heavy atom. The minimum atomic E-state index is -0.754. The number of anilines is 1. The number of thiazole rings is 1. The summed E-state index contributed by atoms with van der Waals surface area (Å²) in [6, 6.07) is 2.72. The van der Waals surface area contributed by atoms with Crippen LogP contribution in [0.3, 0.4) is 0 Å². The van der Waals surface area contributed by atoms with Gasteiger partial charge in [0.25, 0.3) is 5.91 Å². The molecular weight excluding hydrogens is 396 g/mol. The maximum Gasteiger partial charge on any atom is 0.268 e. The van der Waals surface area contributed by atoms with Gasteiger partial charge in [-0.1, -0.05) is 0 Å². The molecule has 3 aromatic rings. The fourth-order valence-corrected chi connectivity index (χ4v) is 3.57. The van der Waals surface area contributed by atoms with Gasteiger partial charge in [0, 0.05) is 24.0 Å². The molecule has 2 N–H and O–H groups in total. The number of nitrogens with zero attached hydrogens (tertiary/aromatic N) is 2. The molecule has 29 heavy (non-hydrogen) atoms. The molecule has 0 spiro atoms. The molecule has 0 radical (unpaired) electrons. The van der Waals surface area contributed by atoms with Crippen molar-refractivity contribution in [3.63, 3.8) is 0 Å². The highest BCUT2D eigenvalue weighted by Gasteiger charge is 2.24. The highest BCUT2D eigenvalue weighted by atomic mass is 32.1. The molecule has 0 fully saturated rings. The van der Waals surface area contributed by atoms with Crippen molar-refractivity contribution in [2.24, 2.45) is 7.05 Å². The molecule has 0 aliphatic carbocycles. The molecule has 1 atom stereocenters. The molecule has 9 nitrogen and oxygen atoms in total. The Labute approximate surface area is 171 Å². The molecule has 10 heteroatoms. The van der Waals surface area contributed by atoms with Crippen molar-refractivity contribution in [3.8, 4) is 17.2 Å². The lowest BCUT2D eigenvalue weighted by Gasteiger charge is -2.15. The minimum Gasteiger partial charge on any atom is -0.493 e. The Kier molecular flexibility index (Phi) is 5.92. The molecule has 154 valence electrons. The Bertz CT molecular complexity index is 1040. The maximum atomic E-state index is 12.8. The lowest BCUT2D eigenvalue weighted by atomic mass is 10.2. The zero-order valence-corrected chi connectivity index (χ0v) is 17.5. The molecule has 3 rings (SSSR count). The van der Waals surface area contributed by atoms with Crippen molar-refractivity contribution in [2.45, 2.75) is 13.0 Å². The van der Waals surface area contributed by atoms with Crippen molar-refractivity contribution >= 4 is 39.2 Å². The molecule has 1 unspecified atom stereocenters. The standard InChI is InChI=1S/C19H22N4O5S/c1-10(17(24)22-19-20-6-7-29-19)21-18(25)12-8-11-9-13(26-3)15(27-4)16(28-5)14(11)23(12)2/h6-10H,1-5H3,(H,21,25)(H,20,22,24). The van der Waals surface area contributed by atoms with Gasteiger partial charge in [-0.15, -0.1) is 11.3 Å². The number of benzene rings is 1. The van der Waals surface area contributed by atoms with Crippen molar-refractivity contribution < 1.29 is 23.8 Å². The number of amides is 2. The van der Waals surface area contributed by atoms with E-state index in [1.807, 2.05) is 0 Å². The summed E-state index contributed by atoms with van der Waals surface area (Å²) in [4.78, 5) is 29.1. The van der Waals surface area contributed by atoms with Gasteiger partial charge in [0.15, 0.2) is 16.6 Å². The smallest absolute Gasteiger partial charge is 0.268 e. The van der Waals surface area contributed by atoms with E-state index in [-0.39, 0.29) is 5.91 Å². The molecule has 0 aliphatic rings. The molecule has 0 saturated carbocycles. The number of ether oxygens (including phenoxy) is 3. The minimum absolute atomic E-state index is 0.354. The maximum absolute atomic E-state index is 12.8. The van der Waals surface area contributed by atoms with Crippen molar-refractivity contribution in [1.82, 2.24) is 14.9 Å². The van der Waals surface area contributed by atoms with Crippen LogP contribution in [0.2, 0.25) is 0 Å². The second kappa shape index (κ2) is 8.39. The summed E-state index contributed by atoms with van der Waals surface area (Å²) >= 11 is 1.30. The Morgan fingerprint density at radius 1 is 1.14 bits per heavy atom. The van der Waals surface area contributed by atoms with Gasteiger partial charge < -0.3 is 29.4 Å². The predicted molar refractivity (Wildman–Crippen MR) is 110 cm³/mol. The van der Waals surface area contributed by atoms with Crippen LogP contribution in [0.5, 0.6) is 17.2 Å². The summed E-state index contributed by atoms with van der Waals surface area (Å²) in [5, 5.41) is 8.34. The third-order valence-electron chi connectivity index (χ3n) is 4.46. The van der Waals surface area contributed by atoms with Crippen molar-refractivity contribution in [1.29, 1.82) is 0 Å². The monoisotopic (exact) mass is 418 g/mol. The van der Waals surface area contributed by atoms with E-state index in [4.69, 9.17) is 14.2 Å². The van der Waals surface area contributed by atoms with Crippen LogP contribution in [0.25, 0.3) is 10.9 Å². The van der Waals surface area contributed by atoms with Gasteiger partial charge >= 0.3 is 0 Å². The number of fused-ring (bicyclic) bond motifs is 1. The van der Waals surface area contributed by atoms with Crippen molar-refractivity contribution in [3.05, 3.63) is 29.4 Å². The van der Waals surface area contributed by atoms with E-state index in [9.17, 15) is 9.59 Å². The van der Waals surface area contributed by atoms with Crippen LogP contribution in [0.4, 0.5) is 5.13 Å². The van der Waals surface area contributed by atoms with E-state index in [0.717, 1.165) is 5.39 Å². The Balaban J connectivity index is 1.90. The largest absolute Gasteiger partial charge is 0.493 e. The zero-order chi connectivity index (χ0) is 21.1. The molecular formula is C19H22N4O5S. The van der Waals surface area contributed by atoms with Crippen molar-refractivity contribution in [2.75, 3.05) is 26.6 Å². The first-order valence-corrected chi connectivity index (χ1v) is 9.58. The van der Waals surface area contributed by atoms with Gasteiger partial charge in [-0.05, 0) is 19.1 Å². The third-order valence-corrected chi connectivity index (χ3v) is 5.15. The summed E-state index contributed by atoms with van der Waals surface area (Å²) in [6.07, 6.45) is 1.59. The first-order chi connectivity index (χ1) is 13.9.